The molecule has 5 heteroatoms. The summed E-state index contributed by atoms with van der Waals surface area (Å²) in [6, 6.07) is 19.2. The normalized spacial score (nSPS) is 9.90. The monoisotopic (exact) mass is 273 g/mol. The van der Waals surface area contributed by atoms with E-state index in [0.29, 0.717) is 17.1 Å². The number of hydrogen-bond donors (Lipinski definition) is 0. The van der Waals surface area contributed by atoms with Crippen molar-refractivity contribution in [2.45, 2.75) is 0 Å². The van der Waals surface area contributed by atoms with E-state index in [1.165, 1.54) is 6.33 Å². The smallest absolute Gasteiger partial charge is 0.116 e. The first-order chi connectivity index (χ1) is 10.4. The summed E-state index contributed by atoms with van der Waals surface area (Å²) in [4.78, 5) is 11.5. The zero-order valence-electron chi connectivity index (χ0n) is 11.1. The van der Waals surface area contributed by atoms with Gasteiger partial charge in [0.15, 0.2) is 0 Å². The van der Waals surface area contributed by atoms with Crippen LogP contribution < -0.4 is 0 Å². The second kappa shape index (κ2) is 5.86. The lowest BCUT2D eigenvalue weighted by atomic mass is 10.1. The summed E-state index contributed by atoms with van der Waals surface area (Å²) in [5, 5.41) is 3.81. The average molecular weight is 273 g/mol. The van der Waals surface area contributed by atoms with Gasteiger partial charge in [-0.1, -0.05) is 65.8 Å². The van der Waals surface area contributed by atoms with Crippen molar-refractivity contribution in [3.63, 3.8) is 0 Å². The van der Waals surface area contributed by atoms with E-state index in [9.17, 15) is 0 Å². The van der Waals surface area contributed by atoms with Crippen molar-refractivity contribution in [2.75, 3.05) is 0 Å². The largest absolute Gasteiger partial charge is 0.236 e. The number of rotatable bonds is 3. The van der Waals surface area contributed by atoms with Crippen molar-refractivity contribution >= 4 is 5.69 Å². The highest BCUT2D eigenvalue weighted by molar-refractivity contribution is 5.83. The predicted octanol–water partition coefficient (Wildman–Crippen LogP) is 4.75. The van der Waals surface area contributed by atoms with Crippen molar-refractivity contribution in [2.24, 2.45) is 5.11 Å². The van der Waals surface area contributed by atoms with Crippen molar-refractivity contribution in [1.82, 2.24) is 9.97 Å². The highest BCUT2D eigenvalue weighted by atomic mass is 15.1. The number of benzene rings is 2. The topological polar surface area (TPSA) is 74.5 Å². The maximum absolute atomic E-state index is 8.87. The molecule has 0 spiro atoms. The maximum atomic E-state index is 8.87. The van der Waals surface area contributed by atoms with Crippen LogP contribution in [0, 0.1) is 0 Å². The molecule has 3 aromatic rings. The van der Waals surface area contributed by atoms with Crippen molar-refractivity contribution in [3.05, 3.63) is 77.4 Å². The van der Waals surface area contributed by atoms with Gasteiger partial charge in [-0.25, -0.2) is 9.97 Å². The zero-order chi connectivity index (χ0) is 14.5. The molecule has 1 heterocycles. The Hall–Kier alpha value is -3.17. The SMILES string of the molecule is [N-]=[N+]=Nc1c(-c2ccccc2)ncnc1-c1ccccc1. The van der Waals surface area contributed by atoms with Gasteiger partial charge in [0.25, 0.3) is 0 Å². The Morgan fingerprint density at radius 2 is 1.24 bits per heavy atom. The van der Waals surface area contributed by atoms with Crippen LogP contribution in [0.15, 0.2) is 72.1 Å². The molecule has 2 aromatic carbocycles. The Morgan fingerprint density at radius 3 is 1.67 bits per heavy atom. The maximum Gasteiger partial charge on any atom is 0.116 e. The van der Waals surface area contributed by atoms with Crippen LogP contribution >= 0.6 is 0 Å². The molecular formula is C16H11N5. The molecule has 0 saturated heterocycles. The lowest BCUT2D eigenvalue weighted by molar-refractivity contribution is 1.16. The van der Waals surface area contributed by atoms with Gasteiger partial charge in [0, 0.05) is 16.0 Å². The highest BCUT2D eigenvalue weighted by Crippen LogP contribution is 2.35. The second-order valence-corrected chi connectivity index (χ2v) is 4.34. The van der Waals surface area contributed by atoms with Gasteiger partial charge < -0.3 is 0 Å². The standard InChI is InChI=1S/C16H11N5/c17-21-20-16-14(12-7-3-1-4-8-12)18-11-19-15(16)13-9-5-2-6-10-13/h1-11H. The van der Waals surface area contributed by atoms with Crippen LogP contribution in [0.4, 0.5) is 5.69 Å². The minimum atomic E-state index is 0.442. The van der Waals surface area contributed by atoms with Gasteiger partial charge in [0.2, 0.25) is 0 Å². The Balaban J connectivity index is 2.26. The van der Waals surface area contributed by atoms with Crippen LogP contribution in [0.3, 0.4) is 0 Å². The van der Waals surface area contributed by atoms with E-state index >= 15 is 0 Å². The van der Waals surface area contributed by atoms with E-state index in [0.717, 1.165) is 11.1 Å². The minimum Gasteiger partial charge on any atom is -0.236 e. The number of nitrogens with zero attached hydrogens (tertiary/aromatic N) is 5. The van der Waals surface area contributed by atoms with Gasteiger partial charge in [-0.15, -0.1) is 0 Å². The molecule has 0 aliphatic rings. The van der Waals surface area contributed by atoms with Crippen LogP contribution in [0.5, 0.6) is 0 Å². The summed E-state index contributed by atoms with van der Waals surface area (Å²) < 4.78 is 0. The van der Waals surface area contributed by atoms with Crippen LogP contribution in [-0.4, -0.2) is 9.97 Å². The van der Waals surface area contributed by atoms with E-state index in [1.54, 1.807) is 0 Å². The summed E-state index contributed by atoms with van der Waals surface area (Å²) in [7, 11) is 0. The molecule has 0 aliphatic heterocycles. The molecule has 0 aliphatic carbocycles. The molecule has 1 aromatic heterocycles. The van der Waals surface area contributed by atoms with Crippen LogP contribution in [0.25, 0.3) is 33.0 Å². The van der Waals surface area contributed by atoms with Crippen LogP contribution in [0.1, 0.15) is 0 Å². The molecule has 21 heavy (non-hydrogen) atoms. The lowest BCUT2D eigenvalue weighted by Crippen LogP contribution is -1.91. The number of azide groups is 1. The molecule has 0 bridgehead atoms. The van der Waals surface area contributed by atoms with E-state index in [-0.39, 0.29) is 0 Å². The Kier molecular flexibility index (Phi) is 3.58. The quantitative estimate of drug-likeness (QED) is 0.392. The molecule has 0 saturated carbocycles. The molecule has 0 fully saturated rings. The van der Waals surface area contributed by atoms with Gasteiger partial charge in [-0.2, -0.15) is 0 Å². The molecule has 5 nitrogen and oxygen atoms in total. The molecule has 0 amide bonds. The summed E-state index contributed by atoms with van der Waals surface area (Å²) in [6.07, 6.45) is 1.49. The van der Waals surface area contributed by atoms with E-state index < -0.39 is 0 Å². The van der Waals surface area contributed by atoms with E-state index in [2.05, 4.69) is 20.0 Å². The van der Waals surface area contributed by atoms with E-state index in [1.807, 2.05) is 60.7 Å². The molecule has 0 unspecified atom stereocenters. The van der Waals surface area contributed by atoms with Crippen molar-refractivity contribution in [1.29, 1.82) is 0 Å². The van der Waals surface area contributed by atoms with Crippen LogP contribution in [0.2, 0.25) is 0 Å². The molecule has 3 rings (SSSR count). The third kappa shape index (κ3) is 2.59. The molecule has 0 radical (unpaired) electrons. The summed E-state index contributed by atoms with van der Waals surface area (Å²) in [6.45, 7) is 0. The molecule has 100 valence electrons. The zero-order valence-corrected chi connectivity index (χ0v) is 11.1. The number of hydrogen-bond acceptors (Lipinski definition) is 3. The summed E-state index contributed by atoms with van der Waals surface area (Å²) >= 11 is 0. The fraction of sp³-hybridized carbons (Fsp3) is 0. The van der Waals surface area contributed by atoms with E-state index in [4.69, 9.17) is 5.53 Å². The van der Waals surface area contributed by atoms with Gasteiger partial charge in [-0.05, 0) is 5.53 Å². The third-order valence-electron chi connectivity index (χ3n) is 3.06. The molecular weight excluding hydrogens is 262 g/mol. The van der Waals surface area contributed by atoms with Crippen LogP contribution in [-0.2, 0) is 0 Å². The summed E-state index contributed by atoms with van der Waals surface area (Å²) in [5.41, 5.74) is 12.3. The second-order valence-electron chi connectivity index (χ2n) is 4.34. The minimum absolute atomic E-state index is 0.442. The fourth-order valence-corrected chi connectivity index (χ4v) is 2.13. The Bertz CT molecular complexity index is 736. The van der Waals surface area contributed by atoms with Gasteiger partial charge in [0.1, 0.15) is 6.33 Å². The number of aromatic nitrogens is 2. The predicted molar refractivity (Wildman–Crippen MR) is 81.7 cm³/mol. The Morgan fingerprint density at radius 1 is 0.762 bits per heavy atom. The molecule has 0 atom stereocenters. The van der Waals surface area contributed by atoms with Gasteiger partial charge >= 0.3 is 0 Å². The first-order valence-corrected chi connectivity index (χ1v) is 6.41. The molecule has 0 N–H and O–H groups in total. The third-order valence-corrected chi connectivity index (χ3v) is 3.06. The lowest BCUT2D eigenvalue weighted by Gasteiger charge is -2.09. The fourth-order valence-electron chi connectivity index (χ4n) is 2.13. The van der Waals surface area contributed by atoms with Crippen molar-refractivity contribution < 1.29 is 0 Å². The average Bonchev–Trinajstić information content (AvgIpc) is 2.57. The summed E-state index contributed by atoms with van der Waals surface area (Å²) in [5.74, 6) is 0. The first-order valence-electron chi connectivity index (χ1n) is 6.41. The van der Waals surface area contributed by atoms with Gasteiger partial charge in [0.05, 0.1) is 17.1 Å². The highest BCUT2D eigenvalue weighted by Gasteiger charge is 2.12. The van der Waals surface area contributed by atoms with Crippen molar-refractivity contribution in [3.8, 4) is 22.5 Å². The Labute approximate surface area is 121 Å². The first kappa shape index (κ1) is 12.8. The van der Waals surface area contributed by atoms with Gasteiger partial charge in [-0.3, -0.25) is 0 Å².